The molecule has 1 N–H and O–H groups in total. The number of amides is 2. The van der Waals surface area contributed by atoms with E-state index in [1.165, 1.54) is 15.8 Å². The molecule has 13 nitrogen and oxygen atoms in total. The first-order valence-corrected chi connectivity index (χ1v) is 15.4. The molecule has 0 radical (unpaired) electrons. The lowest BCUT2D eigenvalue weighted by atomic mass is 10.1. The summed E-state index contributed by atoms with van der Waals surface area (Å²) in [7, 11) is -1.16. The predicted molar refractivity (Wildman–Crippen MR) is 150 cm³/mol. The highest BCUT2D eigenvalue weighted by atomic mass is 32.2. The monoisotopic (exact) mass is 634 g/mol. The van der Waals surface area contributed by atoms with Crippen LogP contribution in [-0.4, -0.2) is 94.3 Å². The zero-order chi connectivity index (χ0) is 30.8. The molecule has 6 rings (SSSR count). The third-order valence-corrected chi connectivity index (χ3v) is 9.99. The fourth-order valence-corrected chi connectivity index (χ4v) is 7.40. The van der Waals surface area contributed by atoms with Gasteiger partial charge in [0.15, 0.2) is 10.7 Å². The molecule has 1 saturated heterocycles. The van der Waals surface area contributed by atoms with Crippen molar-refractivity contribution in [2.45, 2.75) is 42.7 Å². The lowest BCUT2D eigenvalue weighted by Crippen LogP contribution is -2.56. The van der Waals surface area contributed by atoms with Gasteiger partial charge in [-0.2, -0.15) is 9.98 Å². The molecule has 4 aromatic rings. The third-order valence-electron chi connectivity index (χ3n) is 7.53. The summed E-state index contributed by atoms with van der Waals surface area (Å²) in [4.78, 5) is 25.9. The first-order chi connectivity index (χ1) is 20.4. The highest BCUT2D eigenvalue weighted by molar-refractivity contribution is 7.89. The molecule has 2 amide bonds. The molecule has 3 aromatic heterocycles. The average molecular weight is 635 g/mol. The summed E-state index contributed by atoms with van der Waals surface area (Å²) in [6, 6.07) is 3.67. The van der Waals surface area contributed by atoms with Crippen molar-refractivity contribution >= 4 is 55.1 Å². The summed E-state index contributed by atoms with van der Waals surface area (Å²) in [6.45, 7) is 3.02. The van der Waals surface area contributed by atoms with E-state index in [1.54, 1.807) is 19.0 Å². The first kappa shape index (κ1) is 29.0. The highest BCUT2D eigenvalue weighted by Gasteiger charge is 2.47. The van der Waals surface area contributed by atoms with Gasteiger partial charge in [-0.05, 0) is 31.9 Å². The van der Waals surface area contributed by atoms with E-state index in [-0.39, 0.29) is 33.8 Å². The molecule has 226 valence electrons. The minimum absolute atomic E-state index is 0.0340. The summed E-state index contributed by atoms with van der Waals surface area (Å²) in [5.41, 5.74) is -1.01. The molecule has 1 saturated carbocycles. The number of sulfonamides is 1. The van der Waals surface area contributed by atoms with Gasteiger partial charge in [0.1, 0.15) is 28.4 Å². The maximum Gasteiger partial charge on any atom is 0.319 e. The van der Waals surface area contributed by atoms with Gasteiger partial charge in [-0.25, -0.2) is 36.4 Å². The number of carbonyl (C=O) groups is 1. The van der Waals surface area contributed by atoms with Crippen LogP contribution < -0.4 is 9.62 Å². The number of urea groups is 1. The second kappa shape index (κ2) is 10.3. The number of nitrogens with zero attached hydrogens (tertiary/aromatic N) is 9. The normalized spacial score (nSPS) is 18.4. The molecule has 0 spiro atoms. The van der Waals surface area contributed by atoms with Crippen molar-refractivity contribution in [3.63, 3.8) is 0 Å². The van der Waals surface area contributed by atoms with Gasteiger partial charge in [-0.1, -0.05) is 11.3 Å². The zero-order valence-corrected chi connectivity index (χ0v) is 24.8. The number of anilines is 1. The van der Waals surface area contributed by atoms with Gasteiger partial charge in [-0.15, -0.1) is 10.2 Å². The van der Waals surface area contributed by atoms with Crippen LogP contribution in [0.1, 0.15) is 31.2 Å². The van der Waals surface area contributed by atoms with E-state index in [0.717, 1.165) is 12.1 Å². The van der Waals surface area contributed by atoms with Gasteiger partial charge in [0, 0.05) is 45.2 Å². The Morgan fingerprint density at radius 1 is 1.23 bits per heavy atom. The fourth-order valence-electron chi connectivity index (χ4n) is 5.23. The number of benzene rings is 1. The minimum atomic E-state index is -4.49. The number of nitrogens with one attached hydrogen (secondary N) is 1. The summed E-state index contributed by atoms with van der Waals surface area (Å²) >= 11 is 0.584. The molecule has 1 aliphatic carbocycles. The van der Waals surface area contributed by atoms with Gasteiger partial charge in [0.25, 0.3) is 6.43 Å². The van der Waals surface area contributed by atoms with Crippen molar-refractivity contribution in [3.8, 4) is 11.2 Å². The predicted octanol–water partition coefficient (Wildman–Crippen LogP) is 3.03. The number of hydrogen-bond donors (Lipinski definition) is 1. The van der Waals surface area contributed by atoms with E-state index in [1.807, 2.05) is 17.9 Å². The number of fused-ring (bicyclic) bond motifs is 3. The SMILES string of the molecule is C[C@H]1CN(c2ncnc3c2c2cc(F)c(S(=O)(=O)NC4(C#N)CC4)cc2n3-c2nnc(C(F)F)s2)CCN1C(=O)N(C)C. The van der Waals surface area contributed by atoms with Crippen LogP contribution in [0.4, 0.5) is 23.8 Å². The van der Waals surface area contributed by atoms with Crippen LogP contribution in [0.2, 0.25) is 0 Å². The first-order valence-electron chi connectivity index (χ1n) is 13.1. The zero-order valence-electron chi connectivity index (χ0n) is 23.1. The summed E-state index contributed by atoms with van der Waals surface area (Å²) in [5, 5.41) is 16.8. The third kappa shape index (κ3) is 4.90. The lowest BCUT2D eigenvalue weighted by molar-refractivity contribution is 0.146. The van der Waals surface area contributed by atoms with Crippen LogP contribution in [0.25, 0.3) is 27.1 Å². The van der Waals surface area contributed by atoms with Gasteiger partial charge in [-0.3, -0.25) is 4.57 Å². The van der Waals surface area contributed by atoms with Crippen molar-refractivity contribution in [1.82, 2.24) is 39.3 Å². The maximum absolute atomic E-state index is 15.7. The maximum atomic E-state index is 15.7. The minimum Gasteiger partial charge on any atom is -0.352 e. The van der Waals surface area contributed by atoms with E-state index >= 15 is 4.39 Å². The number of piperazine rings is 1. The van der Waals surface area contributed by atoms with Crippen LogP contribution in [0.15, 0.2) is 23.4 Å². The Bertz CT molecular complexity index is 1920. The van der Waals surface area contributed by atoms with E-state index in [2.05, 4.69) is 24.9 Å². The smallest absolute Gasteiger partial charge is 0.319 e. The Kier molecular flexibility index (Phi) is 6.93. The molecule has 2 aliphatic rings. The Morgan fingerprint density at radius 3 is 2.58 bits per heavy atom. The molecule has 0 bridgehead atoms. The van der Waals surface area contributed by atoms with Gasteiger partial charge in [0.05, 0.1) is 17.0 Å². The highest BCUT2D eigenvalue weighted by Crippen LogP contribution is 2.41. The molecule has 4 heterocycles. The van der Waals surface area contributed by atoms with Gasteiger partial charge < -0.3 is 14.7 Å². The molecule has 1 aromatic carbocycles. The van der Waals surface area contributed by atoms with Crippen molar-refractivity contribution in [1.29, 1.82) is 5.26 Å². The Labute approximate surface area is 247 Å². The van der Waals surface area contributed by atoms with Crippen molar-refractivity contribution in [3.05, 3.63) is 29.3 Å². The molecular formula is C25H25F3N10O3S2. The summed E-state index contributed by atoms with van der Waals surface area (Å²) < 4.78 is 72.7. The topological polar surface area (TPSA) is 153 Å². The van der Waals surface area contributed by atoms with Crippen molar-refractivity contribution in [2.75, 3.05) is 38.6 Å². The molecule has 43 heavy (non-hydrogen) atoms. The Morgan fingerprint density at radius 2 is 1.98 bits per heavy atom. The number of nitriles is 1. The molecule has 2 fully saturated rings. The van der Waals surface area contributed by atoms with Crippen LogP contribution in [0.3, 0.4) is 0 Å². The van der Waals surface area contributed by atoms with E-state index < -0.39 is 37.7 Å². The molecular weight excluding hydrogens is 609 g/mol. The Hall–Kier alpha value is -4.08. The van der Waals surface area contributed by atoms with E-state index in [4.69, 9.17) is 0 Å². The summed E-state index contributed by atoms with van der Waals surface area (Å²) in [5.74, 6) is -0.686. The Balaban J connectivity index is 1.54. The number of halogens is 3. The lowest BCUT2D eigenvalue weighted by Gasteiger charge is -2.41. The van der Waals surface area contributed by atoms with Crippen LogP contribution in [0, 0.1) is 17.1 Å². The van der Waals surface area contributed by atoms with Crippen molar-refractivity contribution in [2.24, 2.45) is 0 Å². The van der Waals surface area contributed by atoms with Crippen LogP contribution >= 0.6 is 11.3 Å². The van der Waals surface area contributed by atoms with E-state index in [9.17, 15) is 27.3 Å². The van der Waals surface area contributed by atoms with Crippen molar-refractivity contribution < 1.29 is 26.4 Å². The second-order valence-electron chi connectivity index (χ2n) is 10.7. The van der Waals surface area contributed by atoms with Gasteiger partial charge in [0.2, 0.25) is 15.2 Å². The largest absolute Gasteiger partial charge is 0.352 e. The van der Waals surface area contributed by atoms with E-state index in [0.29, 0.717) is 55.0 Å². The number of rotatable bonds is 6. The number of aromatic nitrogens is 5. The molecule has 0 unspecified atom stereocenters. The number of alkyl halides is 2. The molecule has 1 atom stereocenters. The number of carbonyl (C=O) groups excluding carboxylic acids is 1. The van der Waals surface area contributed by atoms with Crippen LogP contribution in [0.5, 0.6) is 0 Å². The number of hydrogen-bond acceptors (Lipinski definition) is 10. The molecule has 1 aliphatic heterocycles. The van der Waals surface area contributed by atoms with Gasteiger partial charge >= 0.3 is 6.03 Å². The fraction of sp³-hybridized carbons (Fsp3) is 0.440. The second-order valence-corrected chi connectivity index (χ2v) is 13.4. The summed E-state index contributed by atoms with van der Waals surface area (Å²) in [6.07, 6.45) is -1.05. The van der Waals surface area contributed by atoms with Crippen LogP contribution in [-0.2, 0) is 10.0 Å². The standard InChI is InChI=1S/C25H25F3N10O3S2/c1-13-10-36(6-7-37(13)24(39)35(2)3)20-18-14-8-15(26)17(43(40,41)34-25(11-29)4-5-25)9-16(14)38(21(18)31-12-30-20)23-33-32-22(42-23)19(27)28/h8-9,12-13,19,34H,4-7,10H2,1-3H3/t13-/m0/s1. The average Bonchev–Trinajstić information content (AvgIpc) is 3.40. The quantitative estimate of drug-likeness (QED) is 0.337. The molecule has 18 heteroatoms.